The highest BCUT2D eigenvalue weighted by Gasteiger charge is 2.07. The van der Waals surface area contributed by atoms with Crippen LogP contribution in [0.3, 0.4) is 0 Å². The van der Waals surface area contributed by atoms with Crippen LogP contribution in [-0.4, -0.2) is 12.1 Å². The van der Waals surface area contributed by atoms with Gasteiger partial charge in [0.05, 0.1) is 12.7 Å². The highest BCUT2D eigenvalue weighted by molar-refractivity contribution is 5.13. The van der Waals surface area contributed by atoms with Gasteiger partial charge in [0, 0.05) is 11.0 Å². The summed E-state index contributed by atoms with van der Waals surface area (Å²) >= 11 is 0. The number of ether oxygens (including phenoxy) is 1. The maximum atomic E-state index is 8.27. The van der Waals surface area contributed by atoms with Crippen LogP contribution in [-0.2, 0) is 11.3 Å². The standard InChI is InChI=1S/C12H17N3O/c1-10(14-15-13)8-11(2)16-9-12-6-4-3-5-7-12/h3-7,10-11H,8-9H2,1-2H3/t10-,11-/m1/s1. The van der Waals surface area contributed by atoms with E-state index < -0.39 is 0 Å². The summed E-state index contributed by atoms with van der Waals surface area (Å²) in [7, 11) is 0. The highest BCUT2D eigenvalue weighted by atomic mass is 16.5. The van der Waals surface area contributed by atoms with Gasteiger partial charge in [0.25, 0.3) is 0 Å². The molecule has 0 fully saturated rings. The van der Waals surface area contributed by atoms with E-state index in [2.05, 4.69) is 10.0 Å². The zero-order valence-corrected chi connectivity index (χ0v) is 9.71. The molecule has 0 radical (unpaired) electrons. The molecule has 1 aromatic rings. The van der Waals surface area contributed by atoms with Crippen molar-refractivity contribution >= 4 is 0 Å². The average Bonchev–Trinajstić information content (AvgIpc) is 2.28. The van der Waals surface area contributed by atoms with Crippen LogP contribution in [0.15, 0.2) is 35.4 Å². The summed E-state index contributed by atoms with van der Waals surface area (Å²) in [6.07, 6.45) is 0.845. The Morgan fingerprint density at radius 3 is 2.62 bits per heavy atom. The minimum Gasteiger partial charge on any atom is -0.374 e. The molecule has 86 valence electrons. The summed E-state index contributed by atoms with van der Waals surface area (Å²) in [6, 6.07) is 10.0. The van der Waals surface area contributed by atoms with Gasteiger partial charge in [0.2, 0.25) is 0 Å². The summed E-state index contributed by atoms with van der Waals surface area (Å²) in [4.78, 5) is 2.78. The summed E-state index contributed by atoms with van der Waals surface area (Å²) < 4.78 is 5.66. The average molecular weight is 219 g/mol. The van der Waals surface area contributed by atoms with E-state index in [1.807, 2.05) is 44.2 Å². The van der Waals surface area contributed by atoms with Gasteiger partial charge < -0.3 is 4.74 Å². The molecule has 0 aliphatic carbocycles. The molecule has 0 amide bonds. The molecule has 0 unspecified atom stereocenters. The van der Waals surface area contributed by atoms with E-state index in [-0.39, 0.29) is 12.1 Å². The molecular formula is C12H17N3O. The molecule has 0 aromatic heterocycles. The maximum absolute atomic E-state index is 8.27. The molecule has 0 spiro atoms. The second kappa shape index (κ2) is 6.88. The fraction of sp³-hybridized carbons (Fsp3) is 0.500. The van der Waals surface area contributed by atoms with Gasteiger partial charge in [-0.25, -0.2) is 0 Å². The topological polar surface area (TPSA) is 58.0 Å². The lowest BCUT2D eigenvalue weighted by atomic mass is 10.1. The van der Waals surface area contributed by atoms with Gasteiger partial charge in [0.1, 0.15) is 0 Å². The lowest BCUT2D eigenvalue weighted by molar-refractivity contribution is 0.0443. The van der Waals surface area contributed by atoms with E-state index in [1.165, 1.54) is 0 Å². The van der Waals surface area contributed by atoms with E-state index in [0.717, 1.165) is 12.0 Å². The molecule has 0 saturated heterocycles. The quantitative estimate of drug-likeness (QED) is 0.409. The third kappa shape index (κ3) is 4.82. The predicted octanol–water partition coefficient (Wildman–Crippen LogP) is 3.68. The zero-order chi connectivity index (χ0) is 11.8. The Bertz CT molecular complexity index is 347. The maximum Gasteiger partial charge on any atom is 0.0720 e. The summed E-state index contributed by atoms with van der Waals surface area (Å²) in [5.74, 6) is 0. The molecule has 0 saturated carbocycles. The number of hydrogen-bond acceptors (Lipinski definition) is 2. The Hall–Kier alpha value is -1.51. The van der Waals surface area contributed by atoms with Crippen LogP contribution < -0.4 is 0 Å². The Balaban J connectivity index is 2.30. The van der Waals surface area contributed by atoms with Crippen molar-refractivity contribution in [2.24, 2.45) is 5.11 Å². The second-order valence-electron chi connectivity index (χ2n) is 3.90. The molecule has 0 N–H and O–H groups in total. The lowest BCUT2D eigenvalue weighted by Crippen LogP contribution is -2.14. The Kier molecular flexibility index (Phi) is 5.40. The van der Waals surface area contributed by atoms with Crippen molar-refractivity contribution in [2.75, 3.05) is 0 Å². The SMILES string of the molecule is C[C@H](C[C@@H](C)OCc1ccccc1)N=[N+]=[N-]. The fourth-order valence-electron chi connectivity index (χ4n) is 1.50. The Morgan fingerprint density at radius 1 is 1.31 bits per heavy atom. The van der Waals surface area contributed by atoms with Crippen LogP contribution in [0.2, 0.25) is 0 Å². The molecule has 0 aliphatic heterocycles. The van der Waals surface area contributed by atoms with Crippen molar-refractivity contribution in [1.29, 1.82) is 0 Å². The summed E-state index contributed by atoms with van der Waals surface area (Å²) in [5.41, 5.74) is 9.43. The lowest BCUT2D eigenvalue weighted by Gasteiger charge is -2.14. The first-order valence-electron chi connectivity index (χ1n) is 5.42. The molecule has 0 bridgehead atoms. The molecule has 1 rings (SSSR count). The van der Waals surface area contributed by atoms with Gasteiger partial charge in [0.15, 0.2) is 0 Å². The highest BCUT2D eigenvalue weighted by Crippen LogP contribution is 2.09. The predicted molar refractivity (Wildman–Crippen MR) is 63.9 cm³/mol. The number of benzene rings is 1. The Morgan fingerprint density at radius 2 is 2.00 bits per heavy atom. The van der Waals surface area contributed by atoms with Crippen molar-refractivity contribution in [1.82, 2.24) is 0 Å². The molecule has 1 aromatic carbocycles. The molecule has 2 atom stereocenters. The second-order valence-corrected chi connectivity index (χ2v) is 3.90. The van der Waals surface area contributed by atoms with Crippen molar-refractivity contribution in [3.63, 3.8) is 0 Å². The minimum atomic E-state index is -0.0178. The van der Waals surface area contributed by atoms with Gasteiger partial charge in [-0.15, -0.1) is 0 Å². The molecule has 16 heavy (non-hydrogen) atoms. The number of hydrogen-bond donors (Lipinski definition) is 0. The van der Waals surface area contributed by atoms with Crippen molar-refractivity contribution in [3.05, 3.63) is 46.3 Å². The van der Waals surface area contributed by atoms with Crippen molar-refractivity contribution in [3.8, 4) is 0 Å². The van der Waals surface area contributed by atoms with Crippen LogP contribution in [0.5, 0.6) is 0 Å². The number of azide groups is 1. The van der Waals surface area contributed by atoms with Gasteiger partial charge in [-0.2, -0.15) is 0 Å². The molecule has 4 heteroatoms. The van der Waals surface area contributed by atoms with E-state index in [4.69, 9.17) is 10.3 Å². The largest absolute Gasteiger partial charge is 0.374 e. The molecule has 0 aliphatic rings. The third-order valence-corrected chi connectivity index (χ3v) is 2.30. The van der Waals surface area contributed by atoms with Crippen LogP contribution in [0.4, 0.5) is 0 Å². The fourth-order valence-corrected chi connectivity index (χ4v) is 1.50. The van der Waals surface area contributed by atoms with Crippen molar-refractivity contribution < 1.29 is 4.74 Å². The van der Waals surface area contributed by atoms with Crippen LogP contribution >= 0.6 is 0 Å². The van der Waals surface area contributed by atoms with Crippen LogP contribution in [0.1, 0.15) is 25.8 Å². The first-order valence-corrected chi connectivity index (χ1v) is 5.42. The third-order valence-electron chi connectivity index (χ3n) is 2.30. The zero-order valence-electron chi connectivity index (χ0n) is 9.71. The van der Waals surface area contributed by atoms with E-state index >= 15 is 0 Å². The molecular weight excluding hydrogens is 202 g/mol. The minimum absolute atomic E-state index is 0.0178. The first-order chi connectivity index (χ1) is 7.72. The van der Waals surface area contributed by atoms with E-state index in [9.17, 15) is 0 Å². The number of rotatable bonds is 6. The smallest absolute Gasteiger partial charge is 0.0720 e. The summed E-state index contributed by atoms with van der Waals surface area (Å²) in [6.45, 7) is 4.49. The van der Waals surface area contributed by atoms with Crippen molar-refractivity contribution in [2.45, 2.75) is 39.0 Å². The van der Waals surface area contributed by atoms with Crippen LogP contribution in [0, 0.1) is 0 Å². The Labute approximate surface area is 95.9 Å². The van der Waals surface area contributed by atoms with Gasteiger partial charge >= 0.3 is 0 Å². The van der Waals surface area contributed by atoms with Gasteiger partial charge in [-0.3, -0.25) is 0 Å². The van der Waals surface area contributed by atoms with E-state index in [1.54, 1.807) is 0 Å². The normalized spacial score (nSPS) is 13.9. The van der Waals surface area contributed by atoms with E-state index in [0.29, 0.717) is 6.61 Å². The number of nitrogens with zero attached hydrogens (tertiary/aromatic N) is 3. The molecule has 4 nitrogen and oxygen atoms in total. The first kappa shape index (κ1) is 12.6. The monoisotopic (exact) mass is 219 g/mol. The van der Waals surface area contributed by atoms with Gasteiger partial charge in [-0.05, 0) is 24.4 Å². The van der Waals surface area contributed by atoms with Crippen LogP contribution in [0.25, 0.3) is 10.4 Å². The molecule has 0 heterocycles. The van der Waals surface area contributed by atoms with Gasteiger partial charge in [-0.1, -0.05) is 42.4 Å². The summed E-state index contributed by atoms with van der Waals surface area (Å²) in [5, 5.41) is 3.62.